The van der Waals surface area contributed by atoms with Crippen molar-refractivity contribution in [2.75, 3.05) is 0 Å². The summed E-state index contributed by atoms with van der Waals surface area (Å²) >= 11 is 5.36. The van der Waals surface area contributed by atoms with E-state index < -0.39 is 0 Å². The largest absolute Gasteiger partial charge is 0.467 e. The van der Waals surface area contributed by atoms with E-state index in [1.165, 1.54) is 11.0 Å². The molecular formula is C21H23N3O3S. The van der Waals surface area contributed by atoms with E-state index in [4.69, 9.17) is 16.6 Å². The lowest BCUT2D eigenvalue weighted by Crippen LogP contribution is -2.41. The molecule has 2 atom stereocenters. The summed E-state index contributed by atoms with van der Waals surface area (Å²) < 4.78 is 7.07. The average molecular weight is 398 g/mol. The predicted octanol–water partition coefficient (Wildman–Crippen LogP) is 4.01. The number of aromatic nitrogens is 2. The summed E-state index contributed by atoms with van der Waals surface area (Å²) in [7, 11) is 0. The second-order valence-electron chi connectivity index (χ2n) is 7.50. The van der Waals surface area contributed by atoms with E-state index in [9.17, 15) is 9.59 Å². The first-order valence-corrected chi connectivity index (χ1v) is 10.0. The third kappa shape index (κ3) is 3.67. The minimum Gasteiger partial charge on any atom is -0.467 e. The molecule has 28 heavy (non-hydrogen) atoms. The van der Waals surface area contributed by atoms with Gasteiger partial charge in [-0.3, -0.25) is 14.2 Å². The zero-order chi connectivity index (χ0) is 19.7. The number of fused-ring (bicyclic) bond motifs is 1. The van der Waals surface area contributed by atoms with Crippen molar-refractivity contribution in [3.05, 3.63) is 63.0 Å². The Kier molecular flexibility index (Phi) is 5.17. The fraction of sp³-hybridized carbons (Fsp3) is 0.381. The van der Waals surface area contributed by atoms with E-state index >= 15 is 0 Å². The fourth-order valence-corrected chi connectivity index (χ4v) is 4.14. The summed E-state index contributed by atoms with van der Waals surface area (Å²) in [5.74, 6) is 1.02. The third-order valence-electron chi connectivity index (χ3n) is 5.57. The molecule has 1 aliphatic carbocycles. The summed E-state index contributed by atoms with van der Waals surface area (Å²) in [4.78, 5) is 28.6. The highest BCUT2D eigenvalue weighted by molar-refractivity contribution is 7.71. The molecule has 3 aromatic rings. The number of aromatic amines is 1. The van der Waals surface area contributed by atoms with Crippen LogP contribution in [0.4, 0.5) is 0 Å². The molecule has 1 fully saturated rings. The molecule has 1 aliphatic rings. The summed E-state index contributed by atoms with van der Waals surface area (Å²) in [6, 6.07) is 8.85. The molecular weight excluding hydrogens is 374 g/mol. The van der Waals surface area contributed by atoms with E-state index in [0.29, 0.717) is 32.9 Å². The summed E-state index contributed by atoms with van der Waals surface area (Å²) in [6.45, 7) is 2.45. The maximum Gasteiger partial charge on any atom is 0.262 e. The molecule has 6 nitrogen and oxygen atoms in total. The molecule has 1 saturated carbocycles. The van der Waals surface area contributed by atoms with Gasteiger partial charge in [0.05, 0.1) is 23.7 Å². The van der Waals surface area contributed by atoms with Gasteiger partial charge < -0.3 is 14.7 Å². The lowest BCUT2D eigenvalue weighted by Gasteiger charge is -2.29. The smallest absolute Gasteiger partial charge is 0.262 e. The first kappa shape index (κ1) is 18.7. The van der Waals surface area contributed by atoms with Gasteiger partial charge in [-0.25, -0.2) is 0 Å². The maximum atomic E-state index is 12.9. The highest BCUT2D eigenvalue weighted by Crippen LogP contribution is 2.24. The van der Waals surface area contributed by atoms with Crippen molar-refractivity contribution in [1.29, 1.82) is 0 Å². The Labute approximate surface area is 167 Å². The van der Waals surface area contributed by atoms with Crippen LogP contribution in [-0.2, 0) is 6.54 Å². The van der Waals surface area contributed by atoms with Gasteiger partial charge in [-0.2, -0.15) is 0 Å². The number of carbonyl (C=O) groups excluding carboxylic acids is 1. The summed E-state index contributed by atoms with van der Waals surface area (Å²) in [6.07, 6.45) is 6.09. The molecule has 0 saturated heterocycles. The second-order valence-corrected chi connectivity index (χ2v) is 7.89. The van der Waals surface area contributed by atoms with Crippen molar-refractivity contribution in [2.45, 2.75) is 45.2 Å². The molecule has 2 N–H and O–H groups in total. The Bertz CT molecular complexity index is 1110. The molecule has 2 heterocycles. The van der Waals surface area contributed by atoms with Gasteiger partial charge >= 0.3 is 0 Å². The van der Waals surface area contributed by atoms with Crippen molar-refractivity contribution in [2.24, 2.45) is 5.92 Å². The van der Waals surface area contributed by atoms with Crippen LogP contribution in [0.2, 0.25) is 0 Å². The average Bonchev–Trinajstić information content (AvgIpc) is 3.20. The van der Waals surface area contributed by atoms with E-state index in [1.54, 1.807) is 36.6 Å². The number of carbonyl (C=O) groups is 1. The molecule has 7 heteroatoms. The predicted molar refractivity (Wildman–Crippen MR) is 110 cm³/mol. The Hall–Kier alpha value is -2.67. The van der Waals surface area contributed by atoms with Crippen molar-refractivity contribution < 1.29 is 9.21 Å². The Morgan fingerprint density at radius 3 is 2.89 bits per heavy atom. The van der Waals surface area contributed by atoms with E-state index in [2.05, 4.69) is 17.2 Å². The molecule has 2 unspecified atom stereocenters. The molecule has 146 valence electrons. The molecule has 0 spiro atoms. The Morgan fingerprint density at radius 2 is 2.14 bits per heavy atom. The van der Waals surface area contributed by atoms with Crippen LogP contribution >= 0.6 is 12.2 Å². The molecule has 2 aromatic heterocycles. The Morgan fingerprint density at radius 1 is 1.32 bits per heavy atom. The highest BCUT2D eigenvalue weighted by Gasteiger charge is 2.23. The highest BCUT2D eigenvalue weighted by atomic mass is 32.1. The first-order valence-electron chi connectivity index (χ1n) is 9.63. The standard InChI is InChI=1S/C21H23N3O3S/c1-13-5-2-3-7-17(13)22-19(25)14-8-9-16-18(11-14)23-21(28)24(20(16)26)12-15-6-4-10-27-15/h4,6,8-11,13,17H,2-3,5,7,12H2,1H3,(H,22,25)(H,23,28). The molecule has 4 rings (SSSR count). The molecule has 0 aliphatic heterocycles. The van der Waals surface area contributed by atoms with Crippen molar-refractivity contribution in [1.82, 2.24) is 14.9 Å². The number of benzene rings is 1. The minimum absolute atomic E-state index is 0.111. The number of hydrogen-bond donors (Lipinski definition) is 2. The van der Waals surface area contributed by atoms with Gasteiger partial charge in [-0.1, -0.05) is 19.8 Å². The quantitative estimate of drug-likeness (QED) is 0.652. The lowest BCUT2D eigenvalue weighted by atomic mass is 9.86. The minimum atomic E-state index is -0.206. The van der Waals surface area contributed by atoms with E-state index in [-0.39, 0.29) is 24.1 Å². The SMILES string of the molecule is CC1CCCCC1NC(=O)c1ccc2c(=O)n(Cc3ccco3)c(=S)[nH]c2c1. The normalized spacial score (nSPS) is 19.6. The summed E-state index contributed by atoms with van der Waals surface area (Å²) in [5, 5.41) is 3.63. The number of rotatable bonds is 4. The molecule has 0 bridgehead atoms. The van der Waals surface area contributed by atoms with Crippen LogP contribution < -0.4 is 10.9 Å². The van der Waals surface area contributed by atoms with E-state index in [0.717, 1.165) is 19.3 Å². The van der Waals surface area contributed by atoms with Crippen molar-refractivity contribution in [3.63, 3.8) is 0 Å². The molecule has 0 radical (unpaired) electrons. The van der Waals surface area contributed by atoms with Crippen LogP contribution in [0.3, 0.4) is 0 Å². The van der Waals surface area contributed by atoms with Crippen LogP contribution in [0, 0.1) is 10.7 Å². The number of H-pyrrole nitrogens is 1. The van der Waals surface area contributed by atoms with Crippen LogP contribution in [0.1, 0.15) is 48.7 Å². The second kappa shape index (κ2) is 7.75. The van der Waals surface area contributed by atoms with Crippen LogP contribution in [0.25, 0.3) is 10.9 Å². The maximum absolute atomic E-state index is 12.9. The van der Waals surface area contributed by atoms with Crippen molar-refractivity contribution in [3.8, 4) is 0 Å². The number of nitrogens with one attached hydrogen (secondary N) is 2. The van der Waals surface area contributed by atoms with E-state index in [1.807, 2.05) is 0 Å². The van der Waals surface area contributed by atoms with Gasteiger partial charge in [0.15, 0.2) is 4.77 Å². The third-order valence-corrected chi connectivity index (χ3v) is 5.89. The topological polar surface area (TPSA) is 80.0 Å². The molecule has 1 amide bonds. The van der Waals surface area contributed by atoms with Gasteiger partial charge in [0, 0.05) is 11.6 Å². The fourth-order valence-electron chi connectivity index (χ4n) is 3.88. The van der Waals surface area contributed by atoms with Gasteiger partial charge in [0.2, 0.25) is 0 Å². The van der Waals surface area contributed by atoms with Gasteiger partial charge in [0.25, 0.3) is 11.5 Å². The van der Waals surface area contributed by atoms with Gasteiger partial charge in [-0.05, 0) is 61.3 Å². The van der Waals surface area contributed by atoms with Gasteiger partial charge in [0.1, 0.15) is 5.76 Å². The number of furan rings is 1. The van der Waals surface area contributed by atoms with Gasteiger partial charge in [-0.15, -0.1) is 0 Å². The zero-order valence-electron chi connectivity index (χ0n) is 15.7. The zero-order valence-corrected chi connectivity index (χ0v) is 16.6. The monoisotopic (exact) mass is 397 g/mol. The lowest BCUT2D eigenvalue weighted by molar-refractivity contribution is 0.0910. The molecule has 1 aromatic carbocycles. The Balaban J connectivity index is 1.63. The summed E-state index contributed by atoms with van der Waals surface area (Å²) in [5.41, 5.74) is 0.886. The van der Waals surface area contributed by atoms with Crippen molar-refractivity contribution >= 4 is 29.0 Å². The first-order chi connectivity index (χ1) is 13.5. The number of hydrogen-bond acceptors (Lipinski definition) is 4. The van der Waals surface area contributed by atoms with Crippen LogP contribution in [0.15, 0.2) is 45.8 Å². The number of nitrogens with zero attached hydrogens (tertiary/aromatic N) is 1. The van der Waals surface area contributed by atoms with Crippen LogP contribution in [0.5, 0.6) is 0 Å². The number of amides is 1. The van der Waals surface area contributed by atoms with Crippen LogP contribution in [-0.4, -0.2) is 21.5 Å².